The summed E-state index contributed by atoms with van der Waals surface area (Å²) in [6, 6.07) is 22.6. The zero-order chi connectivity index (χ0) is 28.1. The number of fused-ring (bicyclic) bond motifs is 1. The number of para-hydroxylation sites is 1. The van der Waals surface area contributed by atoms with Gasteiger partial charge < -0.3 is 20.1 Å². The van der Waals surface area contributed by atoms with Crippen molar-refractivity contribution in [3.63, 3.8) is 0 Å². The quantitative estimate of drug-likeness (QED) is 0.184. The van der Waals surface area contributed by atoms with Crippen LogP contribution < -0.4 is 20.1 Å². The smallest absolute Gasteiger partial charge is 0.255 e. The highest BCUT2D eigenvalue weighted by atomic mass is 79.9. The Bertz CT molecular complexity index is 1530. The van der Waals surface area contributed by atoms with Crippen LogP contribution in [0.2, 0.25) is 0 Å². The molecule has 1 aliphatic heterocycles. The Labute approximate surface area is 246 Å². The van der Waals surface area contributed by atoms with Crippen molar-refractivity contribution in [1.29, 1.82) is 0 Å². The summed E-state index contributed by atoms with van der Waals surface area (Å²) in [5.74, 6) is 2.37. The van der Waals surface area contributed by atoms with Crippen LogP contribution in [0.1, 0.15) is 37.4 Å². The molecule has 1 aliphatic rings. The minimum Gasteiger partial charge on any atom is -0.493 e. The molecule has 1 aromatic heterocycles. The maximum Gasteiger partial charge on any atom is 0.255 e. The Morgan fingerprint density at radius 1 is 1.12 bits per heavy atom. The topological polar surface area (TPSA) is 90.3 Å². The van der Waals surface area contributed by atoms with Crippen molar-refractivity contribution in [2.24, 2.45) is 0 Å². The number of thioether (sulfide) groups is 1. The van der Waals surface area contributed by atoms with Crippen molar-refractivity contribution in [2.45, 2.75) is 38.1 Å². The van der Waals surface area contributed by atoms with Crippen molar-refractivity contribution < 1.29 is 14.3 Å². The lowest BCUT2D eigenvalue weighted by atomic mass is 9.94. The number of anilines is 2. The van der Waals surface area contributed by atoms with E-state index in [1.165, 1.54) is 0 Å². The molecule has 0 saturated carbocycles. The van der Waals surface area contributed by atoms with Gasteiger partial charge in [0.1, 0.15) is 12.6 Å². The van der Waals surface area contributed by atoms with E-state index in [9.17, 15) is 4.79 Å². The molecule has 206 valence electrons. The fraction of sp³-hybridized carbons (Fsp3) is 0.233. The number of methoxy groups -OCH3 is 1. The fourth-order valence-corrected chi connectivity index (χ4v) is 5.73. The molecule has 1 unspecified atom stereocenters. The molecule has 0 aliphatic carbocycles. The van der Waals surface area contributed by atoms with Crippen LogP contribution in [0.4, 0.5) is 11.6 Å². The van der Waals surface area contributed by atoms with Crippen LogP contribution in [0, 0.1) is 0 Å². The first-order chi connectivity index (χ1) is 19.5. The lowest BCUT2D eigenvalue weighted by Crippen LogP contribution is -2.31. The van der Waals surface area contributed by atoms with Crippen LogP contribution in [0.3, 0.4) is 0 Å². The van der Waals surface area contributed by atoms with E-state index in [0.29, 0.717) is 50.6 Å². The third-order valence-corrected chi connectivity index (χ3v) is 7.97. The number of allylic oxidation sites excluding steroid dienone is 1. The largest absolute Gasteiger partial charge is 0.493 e. The molecule has 2 heterocycles. The van der Waals surface area contributed by atoms with Crippen molar-refractivity contribution in [3.8, 4) is 11.5 Å². The second kappa shape index (κ2) is 12.6. The average molecular weight is 621 g/mol. The number of benzene rings is 3. The van der Waals surface area contributed by atoms with Crippen molar-refractivity contribution >= 4 is 45.2 Å². The molecule has 5 rings (SSSR count). The van der Waals surface area contributed by atoms with Crippen molar-refractivity contribution in [1.82, 2.24) is 14.8 Å². The Kier molecular flexibility index (Phi) is 8.76. The third kappa shape index (κ3) is 6.03. The van der Waals surface area contributed by atoms with E-state index < -0.39 is 6.04 Å². The Hall–Kier alpha value is -3.76. The number of amides is 1. The molecule has 0 bridgehead atoms. The molecule has 40 heavy (non-hydrogen) atoms. The number of ether oxygens (including phenoxy) is 2. The molecule has 0 radical (unpaired) electrons. The Morgan fingerprint density at radius 3 is 2.55 bits per heavy atom. The van der Waals surface area contributed by atoms with Gasteiger partial charge in [0.05, 0.1) is 17.2 Å². The zero-order valence-electron chi connectivity index (χ0n) is 22.5. The van der Waals surface area contributed by atoms with Gasteiger partial charge in [-0.1, -0.05) is 67.2 Å². The predicted molar refractivity (Wildman–Crippen MR) is 162 cm³/mol. The van der Waals surface area contributed by atoms with E-state index in [2.05, 4.69) is 33.5 Å². The van der Waals surface area contributed by atoms with Crippen LogP contribution in [0.5, 0.6) is 11.5 Å². The average Bonchev–Trinajstić information content (AvgIpc) is 3.37. The number of hydrogen-bond donors (Lipinski definition) is 2. The van der Waals surface area contributed by atoms with Gasteiger partial charge in [0.2, 0.25) is 11.1 Å². The summed E-state index contributed by atoms with van der Waals surface area (Å²) in [5.41, 5.74) is 3.78. The van der Waals surface area contributed by atoms with E-state index in [4.69, 9.17) is 19.6 Å². The first-order valence-electron chi connectivity index (χ1n) is 13.0. The molecule has 3 aromatic carbocycles. The maximum atomic E-state index is 13.8. The van der Waals surface area contributed by atoms with Gasteiger partial charge in [-0.3, -0.25) is 4.79 Å². The number of nitrogens with zero attached hydrogens (tertiary/aromatic N) is 3. The summed E-state index contributed by atoms with van der Waals surface area (Å²) in [6.45, 7) is 4.39. The van der Waals surface area contributed by atoms with E-state index >= 15 is 0 Å². The standard InChI is InChI=1S/C30H30BrN5O3S/c1-4-15-40-30-34-29-32-19(2)25(28(37)33-22-13-9-6-10-14-22)26(36(29)35-30)21-16-23(31)27(24(17-21)38-3)39-18-20-11-7-5-8-12-20/h5-14,16-17,26H,4,15,18H2,1-3H3,(H,33,37)(H,32,34,35). The lowest BCUT2D eigenvalue weighted by Gasteiger charge is -2.29. The second-order valence-electron chi connectivity index (χ2n) is 9.21. The number of hydrogen-bond acceptors (Lipinski definition) is 7. The van der Waals surface area contributed by atoms with E-state index in [1.54, 1.807) is 23.6 Å². The van der Waals surface area contributed by atoms with E-state index in [0.717, 1.165) is 23.3 Å². The molecule has 8 nitrogen and oxygen atoms in total. The van der Waals surface area contributed by atoms with Crippen LogP contribution >= 0.6 is 27.7 Å². The molecule has 4 aromatic rings. The van der Waals surface area contributed by atoms with Gasteiger partial charge >= 0.3 is 0 Å². The maximum absolute atomic E-state index is 13.8. The number of carbonyl (C=O) groups is 1. The highest BCUT2D eigenvalue weighted by molar-refractivity contribution is 9.10. The third-order valence-electron chi connectivity index (χ3n) is 6.34. The normalized spacial score (nSPS) is 14.3. The van der Waals surface area contributed by atoms with Crippen LogP contribution in [0.25, 0.3) is 0 Å². The molecule has 0 fully saturated rings. The summed E-state index contributed by atoms with van der Waals surface area (Å²) >= 11 is 5.28. The summed E-state index contributed by atoms with van der Waals surface area (Å²) in [5, 5.41) is 11.8. The summed E-state index contributed by atoms with van der Waals surface area (Å²) in [4.78, 5) is 18.5. The minimum atomic E-state index is -0.559. The molecular formula is C30H30BrN5O3S. The summed E-state index contributed by atoms with van der Waals surface area (Å²) in [7, 11) is 1.61. The van der Waals surface area contributed by atoms with Crippen LogP contribution in [0.15, 0.2) is 93.7 Å². The molecule has 0 saturated heterocycles. The predicted octanol–water partition coefficient (Wildman–Crippen LogP) is 7.06. The van der Waals surface area contributed by atoms with E-state index in [1.807, 2.05) is 79.7 Å². The van der Waals surface area contributed by atoms with Gasteiger partial charge in [0.25, 0.3) is 5.91 Å². The number of rotatable bonds is 10. The Morgan fingerprint density at radius 2 is 1.85 bits per heavy atom. The fourth-order valence-electron chi connectivity index (χ4n) is 4.48. The molecular weight excluding hydrogens is 590 g/mol. The Balaban J connectivity index is 1.55. The number of aromatic nitrogens is 3. The number of halogens is 1. The molecule has 1 atom stereocenters. The van der Waals surface area contributed by atoms with Gasteiger partial charge in [0, 0.05) is 17.1 Å². The van der Waals surface area contributed by atoms with Crippen molar-refractivity contribution in [2.75, 3.05) is 23.5 Å². The van der Waals surface area contributed by atoms with Crippen LogP contribution in [-0.4, -0.2) is 33.5 Å². The van der Waals surface area contributed by atoms with Gasteiger partial charge in [-0.05, 0) is 64.7 Å². The monoisotopic (exact) mass is 619 g/mol. The lowest BCUT2D eigenvalue weighted by molar-refractivity contribution is -0.113. The summed E-state index contributed by atoms with van der Waals surface area (Å²) < 4.78 is 14.4. The highest BCUT2D eigenvalue weighted by Crippen LogP contribution is 2.43. The SMILES string of the molecule is CCCSc1nc2n(n1)C(c1cc(Br)c(OCc3ccccc3)c(OC)c1)C(C(=O)Nc1ccccc1)=C(C)N2. The first-order valence-corrected chi connectivity index (χ1v) is 14.7. The van der Waals surface area contributed by atoms with Gasteiger partial charge in [-0.2, -0.15) is 4.98 Å². The van der Waals surface area contributed by atoms with Gasteiger partial charge in [0.15, 0.2) is 11.5 Å². The molecule has 10 heteroatoms. The highest BCUT2D eigenvalue weighted by Gasteiger charge is 2.35. The van der Waals surface area contributed by atoms with Crippen LogP contribution in [-0.2, 0) is 11.4 Å². The molecule has 0 spiro atoms. The first kappa shape index (κ1) is 27.8. The molecule has 1 amide bonds. The van der Waals surface area contributed by atoms with E-state index in [-0.39, 0.29) is 5.91 Å². The van der Waals surface area contributed by atoms with Gasteiger partial charge in [-0.25, -0.2) is 4.68 Å². The zero-order valence-corrected chi connectivity index (χ0v) is 24.9. The molecule has 2 N–H and O–H groups in total. The van der Waals surface area contributed by atoms with Gasteiger partial charge in [-0.15, -0.1) is 5.10 Å². The van der Waals surface area contributed by atoms with Crippen molar-refractivity contribution in [3.05, 3.63) is 99.7 Å². The summed E-state index contributed by atoms with van der Waals surface area (Å²) in [6.07, 6.45) is 1.00. The minimum absolute atomic E-state index is 0.232. The second-order valence-corrected chi connectivity index (χ2v) is 11.1. The number of nitrogens with one attached hydrogen (secondary N) is 2. The number of carbonyl (C=O) groups excluding carboxylic acids is 1.